The smallest absolute Gasteiger partial charge is 0.161 e. The summed E-state index contributed by atoms with van der Waals surface area (Å²) >= 11 is 0. The predicted molar refractivity (Wildman–Crippen MR) is 52.5 cm³/mol. The largest absolute Gasteiger partial charge is 0.381 e. The Hall–Kier alpha value is -0.120. The Morgan fingerprint density at radius 2 is 2.00 bits per heavy atom. The lowest BCUT2D eigenvalue weighted by Crippen LogP contribution is -2.26. The van der Waals surface area contributed by atoms with Crippen LogP contribution in [0.2, 0.25) is 0 Å². The van der Waals surface area contributed by atoms with Gasteiger partial charge in [0.2, 0.25) is 0 Å². The number of ether oxygens (including phenoxy) is 2. The Labute approximate surface area is 81.0 Å². The summed E-state index contributed by atoms with van der Waals surface area (Å²) in [6, 6.07) is 0. The zero-order chi connectivity index (χ0) is 10.3. The molecule has 1 N–H and O–H groups in total. The molecule has 0 aliphatic carbocycles. The molecule has 0 aromatic rings. The molecular weight excluding hydrogens is 168 g/mol. The van der Waals surface area contributed by atoms with Gasteiger partial charge in [0, 0.05) is 13.0 Å². The minimum Gasteiger partial charge on any atom is -0.381 e. The molecule has 0 aromatic carbocycles. The first-order valence-corrected chi connectivity index (χ1v) is 4.91. The van der Waals surface area contributed by atoms with E-state index in [1.807, 2.05) is 6.92 Å². The number of aliphatic hydroxyl groups is 1. The fraction of sp³-hybridized carbons (Fsp3) is 1.00. The highest BCUT2D eigenvalue weighted by molar-refractivity contribution is 4.61. The van der Waals surface area contributed by atoms with Gasteiger partial charge in [-0.25, -0.2) is 0 Å². The van der Waals surface area contributed by atoms with Crippen LogP contribution >= 0.6 is 0 Å². The third-order valence-electron chi connectivity index (χ3n) is 2.38. The topological polar surface area (TPSA) is 38.7 Å². The molecule has 0 saturated carbocycles. The summed E-state index contributed by atoms with van der Waals surface area (Å²) in [5.74, 6) is -0.0231. The van der Waals surface area contributed by atoms with Gasteiger partial charge in [-0.05, 0) is 19.8 Å². The molecule has 0 radical (unpaired) electrons. The van der Waals surface area contributed by atoms with Crippen LogP contribution in [-0.4, -0.2) is 31.2 Å². The molecule has 0 spiro atoms. The standard InChI is InChI=1S/C5H12O2.C5H10O/c1-4-5(2,6)7-3;1-2-5-3-6-4-5/h6H,4H2,1-3H3;5H,2-4H2,1H3. The molecule has 1 fully saturated rings. The third kappa shape index (κ3) is 6.02. The second kappa shape index (κ2) is 6.35. The quantitative estimate of drug-likeness (QED) is 0.690. The molecule has 1 atom stereocenters. The lowest BCUT2D eigenvalue weighted by Gasteiger charge is -2.23. The van der Waals surface area contributed by atoms with E-state index in [1.54, 1.807) is 6.92 Å². The van der Waals surface area contributed by atoms with E-state index in [0.717, 1.165) is 19.1 Å². The molecule has 1 aliphatic heterocycles. The van der Waals surface area contributed by atoms with Gasteiger partial charge in [0.1, 0.15) is 0 Å². The molecule has 3 heteroatoms. The number of hydrogen-bond acceptors (Lipinski definition) is 3. The minimum atomic E-state index is -0.917. The average Bonchev–Trinajstić information content (AvgIpc) is 2.04. The summed E-state index contributed by atoms with van der Waals surface area (Å²) < 4.78 is 9.57. The maximum absolute atomic E-state index is 8.91. The van der Waals surface area contributed by atoms with E-state index >= 15 is 0 Å². The van der Waals surface area contributed by atoms with Gasteiger partial charge in [-0.2, -0.15) is 0 Å². The van der Waals surface area contributed by atoms with Crippen molar-refractivity contribution in [1.82, 2.24) is 0 Å². The van der Waals surface area contributed by atoms with E-state index in [-0.39, 0.29) is 0 Å². The van der Waals surface area contributed by atoms with Gasteiger partial charge in [-0.3, -0.25) is 0 Å². The first kappa shape index (κ1) is 12.9. The maximum atomic E-state index is 8.91. The summed E-state index contributed by atoms with van der Waals surface area (Å²) in [6.07, 6.45) is 1.92. The van der Waals surface area contributed by atoms with Crippen molar-refractivity contribution in [3.8, 4) is 0 Å². The van der Waals surface area contributed by atoms with Crippen molar-refractivity contribution in [2.24, 2.45) is 5.92 Å². The van der Waals surface area contributed by atoms with E-state index < -0.39 is 5.79 Å². The molecule has 1 rings (SSSR count). The summed E-state index contributed by atoms with van der Waals surface area (Å²) in [6.45, 7) is 7.72. The molecule has 1 saturated heterocycles. The summed E-state index contributed by atoms with van der Waals surface area (Å²) in [7, 11) is 1.49. The SMILES string of the molecule is CCC(C)(O)OC.CCC1COC1. The van der Waals surface area contributed by atoms with Gasteiger partial charge in [0.15, 0.2) is 5.79 Å². The van der Waals surface area contributed by atoms with Crippen LogP contribution in [0, 0.1) is 5.92 Å². The second-order valence-electron chi connectivity index (χ2n) is 3.54. The van der Waals surface area contributed by atoms with Crippen molar-refractivity contribution < 1.29 is 14.6 Å². The highest BCUT2D eigenvalue weighted by Crippen LogP contribution is 2.12. The van der Waals surface area contributed by atoms with E-state index in [2.05, 4.69) is 11.7 Å². The molecule has 0 aromatic heterocycles. The molecule has 1 heterocycles. The van der Waals surface area contributed by atoms with Crippen molar-refractivity contribution in [1.29, 1.82) is 0 Å². The number of hydrogen-bond donors (Lipinski definition) is 1. The van der Waals surface area contributed by atoms with Crippen LogP contribution in [0.25, 0.3) is 0 Å². The van der Waals surface area contributed by atoms with Gasteiger partial charge in [-0.1, -0.05) is 13.8 Å². The molecule has 0 amide bonds. The predicted octanol–water partition coefficient (Wildman–Crippen LogP) is 1.79. The number of rotatable bonds is 3. The highest BCUT2D eigenvalue weighted by atomic mass is 16.6. The van der Waals surface area contributed by atoms with Gasteiger partial charge in [-0.15, -0.1) is 0 Å². The lowest BCUT2D eigenvalue weighted by molar-refractivity contribution is -0.171. The zero-order valence-corrected chi connectivity index (χ0v) is 9.17. The van der Waals surface area contributed by atoms with Crippen molar-refractivity contribution in [2.75, 3.05) is 20.3 Å². The van der Waals surface area contributed by atoms with Gasteiger partial charge in [0.05, 0.1) is 13.2 Å². The van der Waals surface area contributed by atoms with E-state index in [4.69, 9.17) is 9.84 Å². The van der Waals surface area contributed by atoms with Crippen molar-refractivity contribution in [3.05, 3.63) is 0 Å². The van der Waals surface area contributed by atoms with E-state index in [1.165, 1.54) is 13.5 Å². The van der Waals surface area contributed by atoms with Crippen LogP contribution in [0.5, 0.6) is 0 Å². The first-order valence-electron chi connectivity index (χ1n) is 4.91. The molecule has 1 unspecified atom stereocenters. The van der Waals surface area contributed by atoms with Crippen molar-refractivity contribution in [2.45, 2.75) is 39.4 Å². The van der Waals surface area contributed by atoms with Crippen LogP contribution in [0.3, 0.4) is 0 Å². The maximum Gasteiger partial charge on any atom is 0.161 e. The fourth-order valence-electron chi connectivity index (χ4n) is 0.665. The van der Waals surface area contributed by atoms with Crippen LogP contribution in [-0.2, 0) is 9.47 Å². The Balaban J connectivity index is 0.000000223. The molecular formula is C10H22O3. The molecule has 13 heavy (non-hydrogen) atoms. The van der Waals surface area contributed by atoms with Crippen LogP contribution in [0.4, 0.5) is 0 Å². The van der Waals surface area contributed by atoms with Gasteiger partial charge in [0.25, 0.3) is 0 Å². The normalized spacial score (nSPS) is 21.0. The number of methoxy groups -OCH3 is 1. The molecule has 0 bridgehead atoms. The van der Waals surface area contributed by atoms with Gasteiger partial charge >= 0.3 is 0 Å². The van der Waals surface area contributed by atoms with E-state index in [9.17, 15) is 0 Å². The fourth-order valence-corrected chi connectivity index (χ4v) is 0.665. The Bertz CT molecular complexity index is 111. The summed E-state index contributed by atoms with van der Waals surface area (Å²) in [5, 5.41) is 8.91. The molecule has 1 aliphatic rings. The Morgan fingerprint density at radius 1 is 1.46 bits per heavy atom. The Kier molecular flexibility index (Phi) is 6.29. The van der Waals surface area contributed by atoms with Gasteiger partial charge < -0.3 is 14.6 Å². The average molecular weight is 190 g/mol. The summed E-state index contributed by atoms with van der Waals surface area (Å²) in [5.41, 5.74) is 0. The van der Waals surface area contributed by atoms with Crippen LogP contribution in [0.1, 0.15) is 33.6 Å². The zero-order valence-electron chi connectivity index (χ0n) is 9.17. The first-order chi connectivity index (χ1) is 6.05. The van der Waals surface area contributed by atoms with Crippen LogP contribution < -0.4 is 0 Å². The van der Waals surface area contributed by atoms with Crippen molar-refractivity contribution in [3.63, 3.8) is 0 Å². The monoisotopic (exact) mass is 190 g/mol. The summed E-state index contributed by atoms with van der Waals surface area (Å²) in [4.78, 5) is 0. The third-order valence-corrected chi connectivity index (χ3v) is 2.38. The second-order valence-corrected chi connectivity index (χ2v) is 3.54. The highest BCUT2D eigenvalue weighted by Gasteiger charge is 2.14. The van der Waals surface area contributed by atoms with Crippen LogP contribution in [0.15, 0.2) is 0 Å². The Morgan fingerprint density at radius 3 is 2.00 bits per heavy atom. The van der Waals surface area contributed by atoms with E-state index in [0.29, 0.717) is 6.42 Å². The lowest BCUT2D eigenvalue weighted by atomic mass is 10.1. The minimum absolute atomic E-state index is 0.628. The molecule has 80 valence electrons. The van der Waals surface area contributed by atoms with Crippen molar-refractivity contribution >= 4 is 0 Å². The molecule has 3 nitrogen and oxygen atoms in total.